The van der Waals surface area contributed by atoms with Crippen LogP contribution in [0.5, 0.6) is 0 Å². The highest BCUT2D eigenvalue weighted by atomic mass is 16.6. The molecule has 3 rings (SSSR count). The van der Waals surface area contributed by atoms with E-state index in [0.29, 0.717) is 11.6 Å². The van der Waals surface area contributed by atoms with Gasteiger partial charge in [-0.15, -0.1) is 0 Å². The van der Waals surface area contributed by atoms with E-state index >= 15 is 0 Å². The number of anilines is 1. The number of amides is 1. The van der Waals surface area contributed by atoms with Gasteiger partial charge in [-0.1, -0.05) is 30.3 Å². The van der Waals surface area contributed by atoms with Gasteiger partial charge in [0.05, 0.1) is 16.2 Å². The van der Waals surface area contributed by atoms with Crippen molar-refractivity contribution in [3.63, 3.8) is 0 Å². The topological polar surface area (TPSA) is 89.5 Å². The van der Waals surface area contributed by atoms with Gasteiger partial charge in [0.25, 0.3) is 11.6 Å². The largest absolute Gasteiger partial charge is 0.371 e. The fourth-order valence-electron chi connectivity index (χ4n) is 3.51. The highest BCUT2D eigenvalue weighted by molar-refractivity contribution is 5.99. The number of hydrogen-bond acceptors (Lipinski definition) is 4. The van der Waals surface area contributed by atoms with Crippen molar-refractivity contribution < 1.29 is 9.72 Å². The number of non-ortho nitro benzene ring substituents is 1. The molecule has 6 nitrogen and oxygen atoms in total. The smallest absolute Gasteiger partial charge is 0.270 e. The third kappa shape index (κ3) is 3.79. The van der Waals surface area contributed by atoms with Crippen LogP contribution in [0.1, 0.15) is 41.1 Å². The zero-order valence-corrected chi connectivity index (χ0v) is 13.9. The summed E-state index contributed by atoms with van der Waals surface area (Å²) in [5.74, 6) is -0.149. The zero-order valence-electron chi connectivity index (χ0n) is 13.9. The predicted octanol–water partition coefficient (Wildman–Crippen LogP) is 3.47. The fraction of sp³-hybridized carbons (Fsp3) is 0.316. The molecule has 2 N–H and O–H groups in total. The van der Waals surface area contributed by atoms with Crippen LogP contribution in [0.15, 0.2) is 48.5 Å². The first kappa shape index (κ1) is 17.0. The van der Waals surface area contributed by atoms with E-state index in [2.05, 4.69) is 29.2 Å². The van der Waals surface area contributed by atoms with Crippen molar-refractivity contribution >= 4 is 17.3 Å². The van der Waals surface area contributed by atoms with Gasteiger partial charge in [0.1, 0.15) is 0 Å². The first-order valence-electron chi connectivity index (χ1n) is 8.44. The second-order valence-electron chi connectivity index (χ2n) is 6.35. The van der Waals surface area contributed by atoms with E-state index in [4.69, 9.17) is 5.73 Å². The highest BCUT2D eigenvalue weighted by Gasteiger charge is 2.23. The molecule has 0 bridgehead atoms. The van der Waals surface area contributed by atoms with Crippen LogP contribution in [0.25, 0.3) is 0 Å². The zero-order chi connectivity index (χ0) is 17.8. The average molecular weight is 339 g/mol. The van der Waals surface area contributed by atoms with Gasteiger partial charge >= 0.3 is 0 Å². The van der Waals surface area contributed by atoms with Gasteiger partial charge in [-0.2, -0.15) is 0 Å². The molecule has 1 fully saturated rings. The maximum absolute atomic E-state index is 11.8. The molecule has 0 aromatic heterocycles. The number of nitro benzene ring substituents is 1. The fourth-order valence-corrected chi connectivity index (χ4v) is 3.51. The lowest BCUT2D eigenvalue weighted by atomic mass is 9.92. The number of primary amides is 1. The maximum atomic E-state index is 11.8. The van der Waals surface area contributed by atoms with E-state index in [1.165, 1.54) is 17.7 Å². The number of nitrogens with two attached hydrogens (primary N) is 1. The molecule has 0 radical (unpaired) electrons. The van der Waals surface area contributed by atoms with E-state index < -0.39 is 10.8 Å². The Labute approximate surface area is 146 Å². The molecule has 1 atom stereocenters. The SMILES string of the molecule is NC(=O)c1cc([N+](=O)[O-])ccc1N1CCCC(c2ccccc2)CC1. The van der Waals surface area contributed by atoms with Gasteiger partial charge in [-0.3, -0.25) is 14.9 Å². The Hall–Kier alpha value is -2.89. The number of carbonyl (C=O) groups excluding carboxylic acids is 1. The molecule has 6 heteroatoms. The molecule has 0 spiro atoms. The Bertz CT molecular complexity index is 777. The summed E-state index contributed by atoms with van der Waals surface area (Å²) < 4.78 is 0. The van der Waals surface area contributed by atoms with Crippen molar-refractivity contribution in [1.29, 1.82) is 0 Å². The summed E-state index contributed by atoms with van der Waals surface area (Å²) in [5.41, 5.74) is 7.58. The van der Waals surface area contributed by atoms with E-state index in [-0.39, 0.29) is 11.3 Å². The second kappa shape index (κ2) is 7.34. The number of carbonyl (C=O) groups is 1. The van der Waals surface area contributed by atoms with E-state index in [1.54, 1.807) is 6.07 Å². The summed E-state index contributed by atoms with van der Waals surface area (Å²) in [6, 6.07) is 14.8. The van der Waals surface area contributed by atoms with Gasteiger partial charge in [-0.25, -0.2) is 0 Å². The quantitative estimate of drug-likeness (QED) is 0.682. The third-order valence-corrected chi connectivity index (χ3v) is 4.80. The van der Waals surface area contributed by atoms with Crippen LogP contribution in [0.4, 0.5) is 11.4 Å². The Balaban J connectivity index is 1.83. The summed E-state index contributed by atoms with van der Waals surface area (Å²) in [6.07, 6.45) is 3.05. The molecule has 25 heavy (non-hydrogen) atoms. The highest BCUT2D eigenvalue weighted by Crippen LogP contribution is 2.32. The molecule has 1 saturated heterocycles. The first-order chi connectivity index (χ1) is 12.1. The summed E-state index contributed by atoms with van der Waals surface area (Å²) in [6.45, 7) is 1.60. The van der Waals surface area contributed by atoms with Crippen molar-refractivity contribution in [3.05, 3.63) is 69.8 Å². The molecule has 0 saturated carbocycles. The molecule has 2 aromatic carbocycles. The summed E-state index contributed by atoms with van der Waals surface area (Å²) in [4.78, 5) is 24.3. The van der Waals surface area contributed by atoms with Crippen molar-refractivity contribution in [2.24, 2.45) is 5.73 Å². The van der Waals surface area contributed by atoms with Gasteiger partial charge < -0.3 is 10.6 Å². The molecular formula is C19H21N3O3. The molecular weight excluding hydrogens is 318 g/mol. The van der Waals surface area contributed by atoms with Crippen LogP contribution in [0, 0.1) is 10.1 Å². The van der Waals surface area contributed by atoms with Gasteiger partial charge in [-0.05, 0) is 36.8 Å². The molecule has 1 aliphatic heterocycles. The van der Waals surface area contributed by atoms with Crippen molar-refractivity contribution in [3.8, 4) is 0 Å². The maximum Gasteiger partial charge on any atom is 0.270 e. The first-order valence-corrected chi connectivity index (χ1v) is 8.44. The lowest BCUT2D eigenvalue weighted by Crippen LogP contribution is -2.27. The minimum atomic E-state index is -0.637. The molecule has 0 aliphatic carbocycles. The molecule has 130 valence electrons. The number of benzene rings is 2. The van der Waals surface area contributed by atoms with E-state index in [0.717, 1.165) is 32.4 Å². The van der Waals surface area contributed by atoms with Gasteiger partial charge in [0.15, 0.2) is 0 Å². The van der Waals surface area contributed by atoms with Crippen LogP contribution in [0.2, 0.25) is 0 Å². The minimum absolute atomic E-state index is 0.116. The van der Waals surface area contributed by atoms with E-state index in [1.807, 2.05) is 6.07 Å². The summed E-state index contributed by atoms with van der Waals surface area (Å²) in [7, 11) is 0. The second-order valence-corrected chi connectivity index (χ2v) is 6.35. The van der Waals surface area contributed by atoms with Crippen molar-refractivity contribution in [2.75, 3.05) is 18.0 Å². The molecule has 1 unspecified atom stereocenters. The van der Waals surface area contributed by atoms with Crippen molar-refractivity contribution in [1.82, 2.24) is 0 Å². The minimum Gasteiger partial charge on any atom is -0.371 e. The number of rotatable bonds is 4. The Morgan fingerprint density at radius 1 is 1.12 bits per heavy atom. The third-order valence-electron chi connectivity index (χ3n) is 4.80. The van der Waals surface area contributed by atoms with Crippen LogP contribution in [0.3, 0.4) is 0 Å². The number of hydrogen-bond donors (Lipinski definition) is 1. The van der Waals surface area contributed by atoms with Crippen LogP contribution >= 0.6 is 0 Å². The van der Waals surface area contributed by atoms with Crippen LogP contribution < -0.4 is 10.6 Å². The molecule has 2 aromatic rings. The summed E-state index contributed by atoms with van der Waals surface area (Å²) in [5, 5.41) is 11.0. The molecule has 1 amide bonds. The van der Waals surface area contributed by atoms with Gasteiger partial charge in [0.2, 0.25) is 0 Å². The lowest BCUT2D eigenvalue weighted by molar-refractivity contribution is -0.384. The van der Waals surface area contributed by atoms with E-state index in [9.17, 15) is 14.9 Å². The lowest BCUT2D eigenvalue weighted by Gasteiger charge is -2.24. The number of nitrogens with zero attached hydrogens (tertiary/aromatic N) is 2. The van der Waals surface area contributed by atoms with Crippen molar-refractivity contribution in [2.45, 2.75) is 25.2 Å². The average Bonchev–Trinajstić information content (AvgIpc) is 2.88. The van der Waals surface area contributed by atoms with Crippen LogP contribution in [-0.2, 0) is 0 Å². The number of nitro groups is 1. The monoisotopic (exact) mass is 339 g/mol. The normalized spacial score (nSPS) is 17.8. The Kier molecular flexibility index (Phi) is 4.97. The molecule has 1 heterocycles. The predicted molar refractivity (Wildman–Crippen MR) is 96.9 cm³/mol. The van der Waals surface area contributed by atoms with Gasteiger partial charge in [0, 0.05) is 25.2 Å². The summed E-state index contributed by atoms with van der Waals surface area (Å²) >= 11 is 0. The van der Waals surface area contributed by atoms with Crippen LogP contribution in [-0.4, -0.2) is 23.9 Å². The molecule has 1 aliphatic rings. The standard InChI is InChI=1S/C19H21N3O3/c20-19(23)17-13-16(22(24)25)8-9-18(17)21-11-4-7-15(10-12-21)14-5-2-1-3-6-14/h1-3,5-6,8-9,13,15H,4,7,10-12H2,(H2,20,23). The Morgan fingerprint density at radius 3 is 2.56 bits per heavy atom. The Morgan fingerprint density at radius 2 is 1.88 bits per heavy atom.